The van der Waals surface area contributed by atoms with Gasteiger partial charge in [0.2, 0.25) is 0 Å². The van der Waals surface area contributed by atoms with E-state index in [0.717, 1.165) is 5.69 Å². The molecule has 2 aromatic rings. The Kier molecular flexibility index (Phi) is 3.51. The second-order valence-electron chi connectivity index (χ2n) is 4.36. The average molecular weight is 242 g/mol. The van der Waals surface area contributed by atoms with Gasteiger partial charge in [0.1, 0.15) is 0 Å². The number of hydrogen-bond acceptors (Lipinski definition) is 1. The second-order valence-corrected chi connectivity index (χ2v) is 4.36. The molecule has 3 nitrogen and oxygen atoms in total. The van der Waals surface area contributed by atoms with Gasteiger partial charge in [-0.1, -0.05) is 0 Å². The Bertz CT molecular complexity index is 533. The Labute approximate surface area is 107 Å². The van der Waals surface area contributed by atoms with Crippen LogP contribution >= 0.6 is 0 Å². The zero-order chi connectivity index (χ0) is 13.1. The lowest BCUT2D eigenvalue weighted by molar-refractivity contribution is 0.0956. The molecule has 2 rings (SSSR count). The molecule has 0 saturated carbocycles. The van der Waals surface area contributed by atoms with Gasteiger partial charge in [-0.25, -0.2) is 0 Å². The number of carbonyl (C=O) groups excluding carboxylic acids is 1. The fraction of sp³-hybridized carbons (Fsp3) is 0.267. The molecule has 3 heteroatoms. The van der Waals surface area contributed by atoms with E-state index in [1.807, 2.05) is 31.2 Å². The summed E-state index contributed by atoms with van der Waals surface area (Å²) >= 11 is 0. The molecule has 1 aromatic carbocycles. The summed E-state index contributed by atoms with van der Waals surface area (Å²) in [7, 11) is 0. The molecule has 1 N–H and O–H groups in total. The topological polar surface area (TPSA) is 34.0 Å². The predicted octanol–water partition coefficient (Wildman–Crippen LogP) is 2.84. The number of benzene rings is 1. The summed E-state index contributed by atoms with van der Waals surface area (Å²) in [5.74, 6) is -0.0231. The summed E-state index contributed by atoms with van der Waals surface area (Å²) in [4.78, 5) is 11.7. The van der Waals surface area contributed by atoms with Crippen LogP contribution in [-0.4, -0.2) is 17.0 Å². The average Bonchev–Trinajstić information content (AvgIpc) is 2.70. The van der Waals surface area contributed by atoms with Gasteiger partial charge in [0.15, 0.2) is 0 Å². The molecule has 0 saturated heterocycles. The summed E-state index contributed by atoms with van der Waals surface area (Å²) in [5.41, 5.74) is 4.17. The van der Waals surface area contributed by atoms with Crippen LogP contribution in [0.4, 0.5) is 0 Å². The number of aryl methyl sites for hydroxylation is 2. The van der Waals surface area contributed by atoms with E-state index in [0.29, 0.717) is 12.1 Å². The van der Waals surface area contributed by atoms with Crippen LogP contribution in [-0.2, 0) is 0 Å². The lowest BCUT2D eigenvalue weighted by atomic mass is 10.2. The first-order valence-corrected chi connectivity index (χ1v) is 6.17. The van der Waals surface area contributed by atoms with Crippen molar-refractivity contribution in [2.45, 2.75) is 20.8 Å². The van der Waals surface area contributed by atoms with Crippen LogP contribution in [0.2, 0.25) is 0 Å². The van der Waals surface area contributed by atoms with Crippen LogP contribution in [0.5, 0.6) is 0 Å². The van der Waals surface area contributed by atoms with E-state index in [-0.39, 0.29) is 5.91 Å². The number of nitrogens with one attached hydrogen (secondary N) is 1. The van der Waals surface area contributed by atoms with E-state index >= 15 is 0 Å². The Morgan fingerprint density at radius 2 is 1.61 bits per heavy atom. The summed E-state index contributed by atoms with van der Waals surface area (Å²) in [5, 5.41) is 2.79. The van der Waals surface area contributed by atoms with Crippen molar-refractivity contribution < 1.29 is 4.79 Å². The molecule has 1 amide bonds. The largest absolute Gasteiger partial charge is 0.352 e. The van der Waals surface area contributed by atoms with Gasteiger partial charge in [-0.05, 0) is 57.2 Å². The first-order chi connectivity index (χ1) is 8.63. The van der Waals surface area contributed by atoms with E-state index in [4.69, 9.17) is 0 Å². The van der Waals surface area contributed by atoms with Crippen molar-refractivity contribution >= 4 is 5.91 Å². The SMILES string of the molecule is CCNC(=O)c1ccc(-n2c(C)ccc2C)cc1. The Morgan fingerprint density at radius 3 is 2.11 bits per heavy atom. The zero-order valence-electron chi connectivity index (χ0n) is 11.0. The molecule has 94 valence electrons. The fourth-order valence-electron chi connectivity index (χ4n) is 2.10. The summed E-state index contributed by atoms with van der Waals surface area (Å²) < 4.78 is 2.17. The number of amides is 1. The monoisotopic (exact) mass is 242 g/mol. The number of carbonyl (C=O) groups is 1. The predicted molar refractivity (Wildman–Crippen MR) is 73.3 cm³/mol. The molecule has 1 heterocycles. The lowest BCUT2D eigenvalue weighted by Crippen LogP contribution is -2.22. The molecule has 0 spiro atoms. The van der Waals surface area contributed by atoms with E-state index in [1.54, 1.807) is 0 Å². The van der Waals surface area contributed by atoms with Crippen LogP contribution in [0.15, 0.2) is 36.4 Å². The standard InChI is InChI=1S/C15H18N2O/c1-4-16-15(18)13-7-9-14(10-8-13)17-11(2)5-6-12(17)3/h5-10H,4H2,1-3H3,(H,16,18). The van der Waals surface area contributed by atoms with Crippen LogP contribution < -0.4 is 5.32 Å². The van der Waals surface area contributed by atoms with E-state index in [2.05, 4.69) is 35.9 Å². The molecule has 0 unspecified atom stereocenters. The Hall–Kier alpha value is -2.03. The summed E-state index contributed by atoms with van der Waals surface area (Å²) in [6.07, 6.45) is 0. The highest BCUT2D eigenvalue weighted by molar-refractivity contribution is 5.94. The number of rotatable bonds is 3. The first-order valence-electron chi connectivity index (χ1n) is 6.17. The van der Waals surface area contributed by atoms with Gasteiger partial charge in [0.05, 0.1) is 0 Å². The highest BCUT2D eigenvalue weighted by Crippen LogP contribution is 2.16. The van der Waals surface area contributed by atoms with Crippen LogP contribution in [0.25, 0.3) is 5.69 Å². The zero-order valence-corrected chi connectivity index (χ0v) is 11.0. The van der Waals surface area contributed by atoms with Crippen molar-refractivity contribution in [1.29, 1.82) is 0 Å². The van der Waals surface area contributed by atoms with Gasteiger partial charge >= 0.3 is 0 Å². The number of aromatic nitrogens is 1. The normalized spacial score (nSPS) is 10.4. The van der Waals surface area contributed by atoms with Gasteiger partial charge in [0, 0.05) is 29.2 Å². The van der Waals surface area contributed by atoms with E-state index in [9.17, 15) is 4.79 Å². The van der Waals surface area contributed by atoms with Crippen LogP contribution in [0.1, 0.15) is 28.7 Å². The third-order valence-corrected chi connectivity index (χ3v) is 3.00. The summed E-state index contributed by atoms with van der Waals surface area (Å²) in [6, 6.07) is 11.9. The molecule has 0 atom stereocenters. The minimum atomic E-state index is -0.0231. The van der Waals surface area contributed by atoms with Gasteiger partial charge < -0.3 is 9.88 Å². The molecule has 18 heavy (non-hydrogen) atoms. The van der Waals surface area contributed by atoms with Crippen molar-refractivity contribution in [3.8, 4) is 5.69 Å². The fourth-order valence-corrected chi connectivity index (χ4v) is 2.10. The second kappa shape index (κ2) is 5.08. The molecular weight excluding hydrogens is 224 g/mol. The smallest absolute Gasteiger partial charge is 0.251 e. The molecule has 0 aliphatic heterocycles. The molecular formula is C15H18N2O. The van der Waals surface area contributed by atoms with Gasteiger partial charge in [-0.3, -0.25) is 4.79 Å². The quantitative estimate of drug-likeness (QED) is 0.882. The number of hydrogen-bond donors (Lipinski definition) is 1. The maximum atomic E-state index is 11.7. The van der Waals surface area contributed by atoms with Crippen LogP contribution in [0.3, 0.4) is 0 Å². The molecule has 0 radical (unpaired) electrons. The highest BCUT2D eigenvalue weighted by Gasteiger charge is 2.06. The number of nitrogens with zero attached hydrogens (tertiary/aromatic N) is 1. The van der Waals surface area contributed by atoms with E-state index in [1.165, 1.54) is 11.4 Å². The molecule has 0 fully saturated rings. The third kappa shape index (κ3) is 2.30. The maximum absolute atomic E-state index is 11.7. The van der Waals surface area contributed by atoms with Gasteiger partial charge in [-0.2, -0.15) is 0 Å². The maximum Gasteiger partial charge on any atom is 0.251 e. The Morgan fingerprint density at radius 1 is 1.06 bits per heavy atom. The highest BCUT2D eigenvalue weighted by atomic mass is 16.1. The first kappa shape index (κ1) is 12.4. The molecule has 1 aromatic heterocycles. The minimum absolute atomic E-state index is 0.0231. The van der Waals surface area contributed by atoms with Crippen molar-refractivity contribution in [1.82, 2.24) is 9.88 Å². The summed E-state index contributed by atoms with van der Waals surface area (Å²) in [6.45, 7) is 6.71. The minimum Gasteiger partial charge on any atom is -0.352 e. The molecule has 0 bridgehead atoms. The van der Waals surface area contributed by atoms with Crippen molar-refractivity contribution in [2.24, 2.45) is 0 Å². The van der Waals surface area contributed by atoms with Crippen molar-refractivity contribution in [3.05, 3.63) is 53.3 Å². The van der Waals surface area contributed by atoms with E-state index < -0.39 is 0 Å². The third-order valence-electron chi connectivity index (χ3n) is 3.00. The lowest BCUT2D eigenvalue weighted by Gasteiger charge is -2.10. The van der Waals surface area contributed by atoms with Crippen molar-refractivity contribution in [3.63, 3.8) is 0 Å². The molecule has 0 aliphatic rings. The van der Waals surface area contributed by atoms with Gasteiger partial charge in [0.25, 0.3) is 5.91 Å². The van der Waals surface area contributed by atoms with Gasteiger partial charge in [-0.15, -0.1) is 0 Å². The molecule has 0 aliphatic carbocycles. The van der Waals surface area contributed by atoms with Crippen molar-refractivity contribution in [2.75, 3.05) is 6.54 Å². The Balaban J connectivity index is 2.31. The van der Waals surface area contributed by atoms with Crippen LogP contribution in [0, 0.1) is 13.8 Å².